The second kappa shape index (κ2) is 4.98. The van der Waals surface area contributed by atoms with E-state index in [2.05, 4.69) is 41.4 Å². The maximum Gasteiger partial charge on any atom is 0.273 e. The Hall–Kier alpha value is -2.63. The van der Waals surface area contributed by atoms with E-state index in [1.807, 2.05) is 24.3 Å². The first-order valence-corrected chi connectivity index (χ1v) is 7.13. The van der Waals surface area contributed by atoms with E-state index in [0.29, 0.717) is 5.69 Å². The van der Waals surface area contributed by atoms with Crippen LogP contribution in [0.25, 0.3) is 10.9 Å². The number of nitrogens with one attached hydrogen (secondary N) is 2. The molecular formula is C16H19N5O. The van der Waals surface area contributed by atoms with Crippen LogP contribution in [0.3, 0.4) is 0 Å². The lowest BCUT2D eigenvalue weighted by Crippen LogP contribution is -2.15. The summed E-state index contributed by atoms with van der Waals surface area (Å²) in [5, 5.41) is 15.2. The third-order valence-corrected chi connectivity index (χ3v) is 3.58. The van der Waals surface area contributed by atoms with Crippen molar-refractivity contribution >= 4 is 22.5 Å². The lowest BCUT2D eigenvalue weighted by molar-refractivity contribution is 0.101. The van der Waals surface area contributed by atoms with Crippen molar-refractivity contribution in [1.82, 2.24) is 20.0 Å². The van der Waals surface area contributed by atoms with Crippen LogP contribution in [0.2, 0.25) is 0 Å². The number of hydrogen-bond acceptors (Lipinski definition) is 3. The first-order chi connectivity index (χ1) is 10.3. The molecule has 0 atom stereocenters. The number of carbonyl (C=O) groups excluding carboxylic acids is 1. The molecule has 3 aromatic rings. The number of aromatic nitrogens is 4. The molecule has 0 saturated heterocycles. The Morgan fingerprint density at radius 2 is 2.05 bits per heavy atom. The number of fused-ring (bicyclic) bond motifs is 1. The van der Waals surface area contributed by atoms with Crippen LogP contribution < -0.4 is 5.32 Å². The number of amides is 1. The standard InChI is InChI=1S/C16H19N5O/c1-16(2,3)14-8-13(21(4)20-14)15(22)18-11-6-5-10-9-17-19-12(10)7-11/h5-9H,1-4H3,(H,17,19)(H,18,22). The highest BCUT2D eigenvalue weighted by Gasteiger charge is 2.21. The first-order valence-electron chi connectivity index (χ1n) is 7.13. The summed E-state index contributed by atoms with van der Waals surface area (Å²) in [4.78, 5) is 12.5. The summed E-state index contributed by atoms with van der Waals surface area (Å²) in [6.07, 6.45) is 1.75. The number of aryl methyl sites for hydroxylation is 1. The predicted octanol–water partition coefficient (Wildman–Crippen LogP) is 2.85. The van der Waals surface area contributed by atoms with Crippen molar-refractivity contribution < 1.29 is 4.79 Å². The molecule has 0 aliphatic heterocycles. The zero-order chi connectivity index (χ0) is 15.9. The summed E-state index contributed by atoms with van der Waals surface area (Å²) in [5.41, 5.74) is 2.95. The molecular weight excluding hydrogens is 278 g/mol. The summed E-state index contributed by atoms with van der Waals surface area (Å²) >= 11 is 0. The van der Waals surface area contributed by atoms with Crippen LogP contribution in [0.15, 0.2) is 30.5 Å². The number of carbonyl (C=O) groups is 1. The van der Waals surface area contributed by atoms with Crippen molar-refractivity contribution in [1.29, 1.82) is 0 Å². The molecule has 1 amide bonds. The molecule has 0 aliphatic carbocycles. The van der Waals surface area contributed by atoms with Gasteiger partial charge in [0.15, 0.2) is 0 Å². The van der Waals surface area contributed by atoms with Gasteiger partial charge in [-0.1, -0.05) is 20.8 Å². The smallest absolute Gasteiger partial charge is 0.273 e. The molecule has 3 rings (SSSR count). The number of H-pyrrole nitrogens is 1. The normalized spacial score (nSPS) is 11.8. The van der Waals surface area contributed by atoms with E-state index in [1.165, 1.54) is 0 Å². The van der Waals surface area contributed by atoms with Crippen molar-refractivity contribution in [3.63, 3.8) is 0 Å². The van der Waals surface area contributed by atoms with E-state index < -0.39 is 0 Å². The largest absolute Gasteiger partial charge is 0.321 e. The molecule has 2 heterocycles. The maximum absolute atomic E-state index is 12.5. The van der Waals surface area contributed by atoms with Crippen molar-refractivity contribution in [3.8, 4) is 0 Å². The van der Waals surface area contributed by atoms with E-state index in [4.69, 9.17) is 0 Å². The molecule has 2 N–H and O–H groups in total. The highest BCUT2D eigenvalue weighted by atomic mass is 16.2. The summed E-state index contributed by atoms with van der Waals surface area (Å²) < 4.78 is 1.62. The average Bonchev–Trinajstić information content (AvgIpc) is 3.03. The summed E-state index contributed by atoms with van der Waals surface area (Å²) in [6, 6.07) is 7.47. The van der Waals surface area contributed by atoms with Crippen molar-refractivity contribution in [2.45, 2.75) is 26.2 Å². The second-order valence-electron chi connectivity index (χ2n) is 6.41. The third kappa shape index (κ3) is 2.59. The molecule has 0 unspecified atom stereocenters. The van der Waals surface area contributed by atoms with Crippen LogP contribution in [0.4, 0.5) is 5.69 Å². The molecule has 2 aromatic heterocycles. The van der Waals surface area contributed by atoms with Crippen LogP contribution in [0.1, 0.15) is 37.0 Å². The van der Waals surface area contributed by atoms with Gasteiger partial charge < -0.3 is 5.32 Å². The van der Waals surface area contributed by atoms with Gasteiger partial charge in [-0.15, -0.1) is 0 Å². The minimum atomic E-state index is -0.177. The van der Waals surface area contributed by atoms with Crippen LogP contribution in [0.5, 0.6) is 0 Å². The van der Waals surface area contributed by atoms with Gasteiger partial charge in [0, 0.05) is 23.5 Å². The molecule has 0 spiro atoms. The fourth-order valence-corrected chi connectivity index (χ4v) is 2.26. The molecule has 0 aliphatic rings. The van der Waals surface area contributed by atoms with Crippen LogP contribution in [-0.4, -0.2) is 25.9 Å². The van der Waals surface area contributed by atoms with Crippen LogP contribution in [-0.2, 0) is 12.5 Å². The van der Waals surface area contributed by atoms with Crippen molar-refractivity contribution in [3.05, 3.63) is 41.9 Å². The molecule has 6 nitrogen and oxygen atoms in total. The van der Waals surface area contributed by atoms with Crippen molar-refractivity contribution in [2.24, 2.45) is 7.05 Å². The van der Waals surface area contributed by atoms with E-state index in [1.54, 1.807) is 17.9 Å². The van der Waals surface area contributed by atoms with Gasteiger partial charge in [-0.3, -0.25) is 14.6 Å². The quantitative estimate of drug-likeness (QED) is 0.763. The Kier molecular flexibility index (Phi) is 3.24. The monoisotopic (exact) mass is 297 g/mol. The molecule has 6 heteroatoms. The number of benzene rings is 1. The van der Waals surface area contributed by atoms with Gasteiger partial charge in [0.1, 0.15) is 5.69 Å². The minimum absolute atomic E-state index is 0.0921. The molecule has 0 saturated carbocycles. The van der Waals surface area contributed by atoms with Gasteiger partial charge in [-0.2, -0.15) is 10.2 Å². The predicted molar refractivity (Wildman–Crippen MR) is 86.0 cm³/mol. The molecule has 0 fully saturated rings. The van der Waals surface area contributed by atoms with E-state index in [0.717, 1.165) is 22.3 Å². The number of hydrogen-bond donors (Lipinski definition) is 2. The molecule has 0 bridgehead atoms. The average molecular weight is 297 g/mol. The lowest BCUT2D eigenvalue weighted by Gasteiger charge is -2.13. The van der Waals surface area contributed by atoms with Crippen LogP contribution >= 0.6 is 0 Å². The number of nitrogens with zero attached hydrogens (tertiary/aromatic N) is 3. The zero-order valence-electron chi connectivity index (χ0n) is 13.1. The highest BCUT2D eigenvalue weighted by Crippen LogP contribution is 2.22. The van der Waals surface area contributed by atoms with Crippen molar-refractivity contribution in [2.75, 3.05) is 5.32 Å². The minimum Gasteiger partial charge on any atom is -0.321 e. The van der Waals surface area contributed by atoms with E-state index >= 15 is 0 Å². The summed E-state index contributed by atoms with van der Waals surface area (Å²) in [7, 11) is 1.78. The van der Waals surface area contributed by atoms with Gasteiger partial charge in [0.05, 0.1) is 17.4 Å². The molecule has 22 heavy (non-hydrogen) atoms. The van der Waals surface area contributed by atoms with E-state index in [9.17, 15) is 4.79 Å². The lowest BCUT2D eigenvalue weighted by atomic mass is 9.92. The van der Waals surface area contributed by atoms with Crippen LogP contribution in [0, 0.1) is 0 Å². The topological polar surface area (TPSA) is 75.6 Å². The van der Waals surface area contributed by atoms with Gasteiger partial charge >= 0.3 is 0 Å². The molecule has 0 radical (unpaired) electrons. The Bertz CT molecular complexity index is 838. The van der Waals surface area contributed by atoms with Gasteiger partial charge in [0.2, 0.25) is 0 Å². The number of anilines is 1. The number of rotatable bonds is 2. The fraction of sp³-hybridized carbons (Fsp3) is 0.312. The highest BCUT2D eigenvalue weighted by molar-refractivity contribution is 6.04. The fourth-order valence-electron chi connectivity index (χ4n) is 2.26. The van der Waals surface area contributed by atoms with E-state index in [-0.39, 0.29) is 11.3 Å². The maximum atomic E-state index is 12.5. The van der Waals surface area contributed by atoms with Gasteiger partial charge in [0.25, 0.3) is 5.91 Å². The Labute approximate surface area is 128 Å². The summed E-state index contributed by atoms with van der Waals surface area (Å²) in [6.45, 7) is 6.22. The number of aromatic amines is 1. The first kappa shape index (κ1) is 14.3. The zero-order valence-corrected chi connectivity index (χ0v) is 13.1. The Morgan fingerprint density at radius 3 is 2.73 bits per heavy atom. The molecule has 1 aromatic carbocycles. The third-order valence-electron chi connectivity index (χ3n) is 3.58. The second-order valence-corrected chi connectivity index (χ2v) is 6.41. The van der Waals surface area contributed by atoms with Gasteiger partial charge in [-0.05, 0) is 24.3 Å². The SMILES string of the molecule is Cn1nc(C(C)(C)C)cc1C(=O)Nc1ccc2cn[nH]c2c1. The van der Waals surface area contributed by atoms with Gasteiger partial charge in [-0.25, -0.2) is 0 Å². The Morgan fingerprint density at radius 1 is 1.27 bits per heavy atom. The summed E-state index contributed by atoms with van der Waals surface area (Å²) in [5.74, 6) is -0.177. The Balaban J connectivity index is 1.86. The molecule has 114 valence electrons.